The number of hydrogen-bond acceptors (Lipinski definition) is 2. The van der Waals surface area contributed by atoms with Crippen LogP contribution in [0.3, 0.4) is 0 Å². The minimum absolute atomic E-state index is 0.0359. The maximum absolute atomic E-state index is 10.9. The quantitative estimate of drug-likeness (QED) is 0.544. The van der Waals surface area contributed by atoms with E-state index in [0.29, 0.717) is 5.52 Å². The topological polar surface area (TPSA) is 61.5 Å². The van der Waals surface area contributed by atoms with Gasteiger partial charge in [0.15, 0.2) is 0 Å². The number of fused-ring (bicyclic) bond motifs is 1. The van der Waals surface area contributed by atoms with Crippen molar-refractivity contribution in [1.82, 2.24) is 15.2 Å². The summed E-state index contributed by atoms with van der Waals surface area (Å²) < 4.78 is 0. The van der Waals surface area contributed by atoms with Crippen LogP contribution < -0.4 is 5.43 Å². The highest BCUT2D eigenvalue weighted by molar-refractivity contribution is 5.72. The third-order valence-electron chi connectivity index (χ3n) is 1.36. The first-order valence-electron chi connectivity index (χ1n) is 2.89. The average molecular weight is 135 g/mol. The largest absolute Gasteiger partial charge is 0.358 e. The molecule has 2 aromatic rings. The number of rotatable bonds is 0. The SMILES string of the molecule is O=c1cc[nH]c2cn[nH]c12. The van der Waals surface area contributed by atoms with Gasteiger partial charge in [0.05, 0.1) is 11.7 Å². The molecule has 0 aliphatic carbocycles. The molecule has 0 saturated carbocycles. The Morgan fingerprint density at radius 3 is 3.20 bits per heavy atom. The first-order chi connectivity index (χ1) is 4.88. The lowest BCUT2D eigenvalue weighted by Gasteiger charge is -1.83. The van der Waals surface area contributed by atoms with Crippen molar-refractivity contribution in [2.24, 2.45) is 0 Å². The molecule has 4 heteroatoms. The summed E-state index contributed by atoms with van der Waals surface area (Å²) in [4.78, 5) is 13.8. The van der Waals surface area contributed by atoms with Gasteiger partial charge in [-0.15, -0.1) is 0 Å². The van der Waals surface area contributed by atoms with Crippen LogP contribution in [0.4, 0.5) is 0 Å². The van der Waals surface area contributed by atoms with Crippen LogP contribution in [-0.4, -0.2) is 15.2 Å². The second kappa shape index (κ2) is 1.70. The Kier molecular flexibility index (Phi) is 0.887. The van der Waals surface area contributed by atoms with Crippen LogP contribution in [-0.2, 0) is 0 Å². The van der Waals surface area contributed by atoms with E-state index in [1.54, 1.807) is 12.4 Å². The van der Waals surface area contributed by atoms with Crippen LogP contribution >= 0.6 is 0 Å². The summed E-state index contributed by atoms with van der Waals surface area (Å²) in [5.41, 5.74) is 1.24. The number of hydrogen-bond donors (Lipinski definition) is 2. The molecule has 0 radical (unpaired) electrons. The number of aromatic nitrogens is 3. The first-order valence-corrected chi connectivity index (χ1v) is 2.89. The van der Waals surface area contributed by atoms with Gasteiger partial charge in [-0.3, -0.25) is 9.89 Å². The smallest absolute Gasteiger partial charge is 0.207 e. The van der Waals surface area contributed by atoms with Crippen LogP contribution in [0.25, 0.3) is 11.0 Å². The van der Waals surface area contributed by atoms with Crippen molar-refractivity contribution in [2.45, 2.75) is 0 Å². The van der Waals surface area contributed by atoms with E-state index in [1.807, 2.05) is 0 Å². The average Bonchev–Trinajstić information content (AvgIpc) is 2.36. The summed E-state index contributed by atoms with van der Waals surface area (Å²) >= 11 is 0. The molecule has 0 saturated heterocycles. The summed E-state index contributed by atoms with van der Waals surface area (Å²) in [6.45, 7) is 0. The molecule has 0 amide bonds. The molecule has 0 aliphatic heterocycles. The lowest BCUT2D eigenvalue weighted by atomic mass is 10.4. The molecule has 2 N–H and O–H groups in total. The summed E-state index contributed by atoms with van der Waals surface area (Å²) in [5.74, 6) is 0. The molecule has 0 atom stereocenters. The van der Waals surface area contributed by atoms with E-state index in [-0.39, 0.29) is 5.43 Å². The van der Waals surface area contributed by atoms with Gasteiger partial charge in [0, 0.05) is 12.3 Å². The van der Waals surface area contributed by atoms with E-state index in [9.17, 15) is 4.79 Å². The molecule has 0 unspecified atom stereocenters. The zero-order valence-corrected chi connectivity index (χ0v) is 5.09. The van der Waals surface area contributed by atoms with Gasteiger partial charge in [-0.25, -0.2) is 0 Å². The zero-order chi connectivity index (χ0) is 6.97. The molecule has 2 heterocycles. The lowest BCUT2D eigenvalue weighted by Crippen LogP contribution is -1.98. The van der Waals surface area contributed by atoms with E-state index in [4.69, 9.17) is 0 Å². The van der Waals surface area contributed by atoms with Gasteiger partial charge in [0.1, 0.15) is 5.52 Å². The number of nitrogens with one attached hydrogen (secondary N) is 2. The molecule has 4 nitrogen and oxygen atoms in total. The highest BCUT2D eigenvalue weighted by Gasteiger charge is 1.95. The van der Waals surface area contributed by atoms with E-state index < -0.39 is 0 Å². The van der Waals surface area contributed by atoms with Crippen molar-refractivity contribution >= 4 is 11.0 Å². The van der Waals surface area contributed by atoms with Crippen molar-refractivity contribution in [1.29, 1.82) is 0 Å². The van der Waals surface area contributed by atoms with Gasteiger partial charge in [-0.2, -0.15) is 5.10 Å². The van der Waals surface area contributed by atoms with E-state index in [2.05, 4.69) is 15.2 Å². The highest BCUT2D eigenvalue weighted by Crippen LogP contribution is 1.97. The monoisotopic (exact) mass is 135 g/mol. The Bertz CT molecular complexity index is 400. The Balaban J connectivity index is 3.09. The fraction of sp³-hybridized carbons (Fsp3) is 0. The minimum atomic E-state index is -0.0359. The molecule has 0 aromatic carbocycles. The first kappa shape index (κ1) is 5.22. The van der Waals surface area contributed by atoms with Crippen LogP contribution in [0.15, 0.2) is 23.3 Å². The highest BCUT2D eigenvalue weighted by atomic mass is 16.1. The lowest BCUT2D eigenvalue weighted by molar-refractivity contribution is 1.12. The van der Waals surface area contributed by atoms with E-state index in [1.165, 1.54) is 6.07 Å². The third kappa shape index (κ3) is 0.556. The van der Waals surface area contributed by atoms with Crippen molar-refractivity contribution in [2.75, 3.05) is 0 Å². The second-order valence-corrected chi connectivity index (χ2v) is 2.00. The summed E-state index contributed by atoms with van der Waals surface area (Å²) in [5, 5.41) is 6.30. The minimum Gasteiger partial charge on any atom is -0.358 e. The molecule has 2 rings (SSSR count). The number of nitrogens with zero attached hydrogens (tertiary/aromatic N) is 1. The maximum Gasteiger partial charge on any atom is 0.207 e. The van der Waals surface area contributed by atoms with Gasteiger partial charge in [0.25, 0.3) is 0 Å². The zero-order valence-electron chi connectivity index (χ0n) is 5.09. The molecular weight excluding hydrogens is 130 g/mol. The predicted molar refractivity (Wildman–Crippen MR) is 36.7 cm³/mol. The molecule has 0 spiro atoms. The third-order valence-corrected chi connectivity index (χ3v) is 1.36. The van der Waals surface area contributed by atoms with Crippen molar-refractivity contribution in [3.05, 3.63) is 28.7 Å². The summed E-state index contributed by atoms with van der Waals surface area (Å²) in [6.07, 6.45) is 3.18. The van der Waals surface area contributed by atoms with Gasteiger partial charge < -0.3 is 4.98 Å². The van der Waals surface area contributed by atoms with E-state index >= 15 is 0 Å². The van der Waals surface area contributed by atoms with Gasteiger partial charge in [0.2, 0.25) is 5.43 Å². The Morgan fingerprint density at radius 1 is 1.50 bits per heavy atom. The molecule has 0 aliphatic rings. The maximum atomic E-state index is 10.9. The van der Waals surface area contributed by atoms with Crippen molar-refractivity contribution < 1.29 is 0 Å². The summed E-state index contributed by atoms with van der Waals surface area (Å²) in [7, 11) is 0. The second-order valence-electron chi connectivity index (χ2n) is 2.00. The van der Waals surface area contributed by atoms with Crippen LogP contribution in [0.2, 0.25) is 0 Å². The molecule has 10 heavy (non-hydrogen) atoms. The number of pyridine rings is 1. The van der Waals surface area contributed by atoms with Crippen LogP contribution in [0.5, 0.6) is 0 Å². The molecular formula is C6H5N3O. The normalized spacial score (nSPS) is 10.4. The molecule has 0 bridgehead atoms. The van der Waals surface area contributed by atoms with Gasteiger partial charge in [-0.1, -0.05) is 0 Å². The Labute approximate surface area is 55.9 Å². The van der Waals surface area contributed by atoms with Crippen molar-refractivity contribution in [3.63, 3.8) is 0 Å². The predicted octanol–water partition coefficient (Wildman–Crippen LogP) is 0.251. The summed E-state index contributed by atoms with van der Waals surface area (Å²) in [6, 6.07) is 1.46. The van der Waals surface area contributed by atoms with Gasteiger partial charge >= 0.3 is 0 Å². The van der Waals surface area contributed by atoms with Crippen LogP contribution in [0, 0.1) is 0 Å². The standard InChI is InChI=1S/C6H5N3O/c10-5-1-2-7-4-3-8-9-6(4)5/h1-3H,(H,7,10)(H,8,9). The van der Waals surface area contributed by atoms with Gasteiger partial charge in [-0.05, 0) is 0 Å². The number of aromatic amines is 2. The molecule has 0 fully saturated rings. The Morgan fingerprint density at radius 2 is 2.40 bits per heavy atom. The van der Waals surface area contributed by atoms with E-state index in [0.717, 1.165) is 5.52 Å². The molecule has 50 valence electrons. The van der Waals surface area contributed by atoms with Crippen molar-refractivity contribution in [3.8, 4) is 0 Å². The number of H-pyrrole nitrogens is 2. The van der Waals surface area contributed by atoms with Crippen LogP contribution in [0.1, 0.15) is 0 Å². The fourth-order valence-corrected chi connectivity index (χ4v) is 0.874. The molecule has 2 aromatic heterocycles. The fourth-order valence-electron chi connectivity index (χ4n) is 0.874. The Hall–Kier alpha value is -1.58.